The van der Waals surface area contributed by atoms with Crippen LogP contribution in [-0.2, 0) is 16.1 Å². The van der Waals surface area contributed by atoms with Crippen molar-refractivity contribution in [1.82, 2.24) is 20.4 Å². The van der Waals surface area contributed by atoms with Gasteiger partial charge >= 0.3 is 6.09 Å². The van der Waals surface area contributed by atoms with Gasteiger partial charge in [0.25, 0.3) is 0 Å². The van der Waals surface area contributed by atoms with Crippen molar-refractivity contribution in [3.05, 3.63) is 5.01 Å². The Balaban J connectivity index is 1.93. The van der Waals surface area contributed by atoms with E-state index in [1.54, 1.807) is 0 Å². The number of amides is 2. The predicted octanol–water partition coefficient (Wildman–Crippen LogP) is 0.357. The molecule has 110 valence electrons. The molecule has 1 aliphatic rings. The Hall–Kier alpha value is -1.90. The molecule has 3 N–H and O–H groups in total. The Morgan fingerprint density at radius 2 is 2.30 bits per heavy atom. The highest BCUT2D eigenvalue weighted by Crippen LogP contribution is 2.18. The molecule has 1 aromatic heterocycles. The van der Waals surface area contributed by atoms with Crippen molar-refractivity contribution in [2.45, 2.75) is 31.8 Å². The van der Waals surface area contributed by atoms with Crippen LogP contribution in [-0.4, -0.2) is 46.8 Å². The van der Waals surface area contributed by atoms with Crippen LogP contribution in [0.5, 0.6) is 0 Å². The monoisotopic (exact) mass is 299 g/mol. The van der Waals surface area contributed by atoms with Crippen molar-refractivity contribution in [3.63, 3.8) is 0 Å². The van der Waals surface area contributed by atoms with Crippen LogP contribution < -0.4 is 11.1 Å². The summed E-state index contributed by atoms with van der Waals surface area (Å²) in [4.78, 5) is 25.3. The first kappa shape index (κ1) is 14.5. The number of nitrogen functional groups attached to an aromatic ring is 1. The van der Waals surface area contributed by atoms with Crippen LogP contribution in [0.15, 0.2) is 0 Å². The van der Waals surface area contributed by atoms with Crippen molar-refractivity contribution < 1.29 is 14.3 Å². The Bertz CT molecular complexity index is 492. The van der Waals surface area contributed by atoms with Crippen LogP contribution in [0.25, 0.3) is 0 Å². The lowest BCUT2D eigenvalue weighted by Crippen LogP contribution is -2.51. The highest BCUT2D eigenvalue weighted by molar-refractivity contribution is 7.15. The topological polar surface area (TPSA) is 110 Å². The van der Waals surface area contributed by atoms with Gasteiger partial charge in [-0.25, -0.2) is 4.79 Å². The number of nitrogens with zero attached hydrogens (tertiary/aromatic N) is 3. The summed E-state index contributed by atoms with van der Waals surface area (Å²) in [5, 5.41) is 11.3. The van der Waals surface area contributed by atoms with Gasteiger partial charge in [0.1, 0.15) is 11.0 Å². The zero-order valence-electron chi connectivity index (χ0n) is 11.2. The fraction of sp³-hybridized carbons (Fsp3) is 0.636. The van der Waals surface area contributed by atoms with Crippen LogP contribution in [0.2, 0.25) is 0 Å². The first-order chi connectivity index (χ1) is 9.61. The highest BCUT2D eigenvalue weighted by atomic mass is 32.1. The maximum Gasteiger partial charge on any atom is 0.410 e. The maximum atomic E-state index is 12.2. The van der Waals surface area contributed by atoms with Gasteiger partial charge in [0.15, 0.2) is 0 Å². The van der Waals surface area contributed by atoms with E-state index in [4.69, 9.17) is 10.5 Å². The molecule has 0 aliphatic carbocycles. The molecule has 2 heterocycles. The fourth-order valence-corrected chi connectivity index (χ4v) is 2.71. The minimum Gasteiger partial charge on any atom is -0.453 e. The Kier molecular flexibility index (Phi) is 4.72. The SMILES string of the molecule is COC(=O)N1CCCC[C@@H]1C(=O)NCc1nnc(N)s1. The normalized spacial score (nSPS) is 18.6. The molecule has 0 spiro atoms. The van der Waals surface area contributed by atoms with Gasteiger partial charge in [0.2, 0.25) is 11.0 Å². The fourth-order valence-electron chi connectivity index (χ4n) is 2.16. The molecule has 20 heavy (non-hydrogen) atoms. The van der Waals surface area contributed by atoms with Gasteiger partial charge in [-0.2, -0.15) is 0 Å². The van der Waals surface area contributed by atoms with Crippen LogP contribution in [0.4, 0.5) is 9.93 Å². The molecule has 1 fully saturated rings. The molecular weight excluding hydrogens is 282 g/mol. The van der Waals surface area contributed by atoms with Gasteiger partial charge in [-0.05, 0) is 19.3 Å². The van der Waals surface area contributed by atoms with Crippen LogP contribution in [0, 0.1) is 0 Å². The van der Waals surface area contributed by atoms with Crippen molar-refractivity contribution in [3.8, 4) is 0 Å². The number of methoxy groups -OCH3 is 1. The van der Waals surface area contributed by atoms with Gasteiger partial charge in [0, 0.05) is 6.54 Å². The van der Waals surface area contributed by atoms with E-state index in [1.807, 2.05) is 0 Å². The van der Waals surface area contributed by atoms with Crippen molar-refractivity contribution in [2.24, 2.45) is 0 Å². The number of rotatable bonds is 3. The predicted molar refractivity (Wildman–Crippen MR) is 72.9 cm³/mol. The molecule has 0 radical (unpaired) electrons. The lowest BCUT2D eigenvalue weighted by atomic mass is 10.0. The molecule has 2 rings (SSSR count). The van der Waals surface area contributed by atoms with Gasteiger partial charge in [0.05, 0.1) is 13.7 Å². The summed E-state index contributed by atoms with van der Waals surface area (Å²) < 4.78 is 4.71. The molecule has 8 nitrogen and oxygen atoms in total. The second-order valence-corrected chi connectivity index (χ2v) is 5.52. The van der Waals surface area contributed by atoms with Gasteiger partial charge in [-0.1, -0.05) is 11.3 Å². The number of carbonyl (C=O) groups excluding carboxylic acids is 2. The third-order valence-electron chi connectivity index (χ3n) is 3.11. The number of likely N-dealkylation sites (tertiary alicyclic amines) is 1. The van der Waals surface area contributed by atoms with Crippen molar-refractivity contribution >= 4 is 28.5 Å². The molecule has 0 aromatic carbocycles. The molecule has 2 amide bonds. The molecule has 0 saturated carbocycles. The van der Waals surface area contributed by atoms with E-state index < -0.39 is 12.1 Å². The minimum atomic E-state index is -0.485. The van der Waals surface area contributed by atoms with Crippen LogP contribution in [0.1, 0.15) is 24.3 Å². The zero-order chi connectivity index (χ0) is 14.5. The standard InChI is InChI=1S/C11H17N5O3S/c1-19-11(18)16-5-3-2-4-7(16)9(17)13-6-8-14-15-10(12)20-8/h7H,2-6H2,1H3,(H2,12,15)(H,13,17)/t7-/m1/s1. The number of hydrogen-bond acceptors (Lipinski definition) is 7. The second kappa shape index (κ2) is 6.51. The van der Waals surface area contributed by atoms with E-state index in [9.17, 15) is 9.59 Å². The number of aromatic nitrogens is 2. The number of anilines is 1. The molecule has 9 heteroatoms. The molecule has 1 atom stereocenters. The lowest BCUT2D eigenvalue weighted by molar-refractivity contribution is -0.127. The number of nitrogens with one attached hydrogen (secondary N) is 1. The Morgan fingerprint density at radius 3 is 2.95 bits per heavy atom. The minimum absolute atomic E-state index is 0.205. The summed E-state index contributed by atoms with van der Waals surface area (Å²) >= 11 is 1.22. The lowest BCUT2D eigenvalue weighted by Gasteiger charge is -2.33. The number of hydrogen-bond donors (Lipinski definition) is 2. The first-order valence-electron chi connectivity index (χ1n) is 6.32. The van der Waals surface area contributed by atoms with E-state index in [2.05, 4.69) is 15.5 Å². The van der Waals surface area contributed by atoms with Gasteiger partial charge < -0.3 is 15.8 Å². The largest absolute Gasteiger partial charge is 0.453 e. The molecular formula is C11H17N5O3S. The molecule has 0 bridgehead atoms. The van der Waals surface area contributed by atoms with E-state index in [1.165, 1.54) is 23.3 Å². The summed E-state index contributed by atoms with van der Waals surface area (Å²) in [6.45, 7) is 0.801. The third-order valence-corrected chi connectivity index (χ3v) is 3.86. The van der Waals surface area contributed by atoms with E-state index in [-0.39, 0.29) is 12.5 Å². The third kappa shape index (κ3) is 3.35. The summed E-state index contributed by atoms with van der Waals surface area (Å²) in [7, 11) is 1.32. The number of nitrogens with two attached hydrogens (primary N) is 1. The van der Waals surface area contributed by atoms with Crippen LogP contribution in [0.3, 0.4) is 0 Å². The number of ether oxygens (including phenoxy) is 1. The quantitative estimate of drug-likeness (QED) is 0.833. The van der Waals surface area contributed by atoms with E-state index in [0.717, 1.165) is 12.8 Å². The molecule has 1 aromatic rings. The average molecular weight is 299 g/mol. The first-order valence-corrected chi connectivity index (χ1v) is 7.13. The summed E-state index contributed by atoms with van der Waals surface area (Å²) in [6, 6.07) is -0.485. The maximum absolute atomic E-state index is 12.2. The average Bonchev–Trinajstić information content (AvgIpc) is 2.89. The van der Waals surface area contributed by atoms with Crippen molar-refractivity contribution in [2.75, 3.05) is 19.4 Å². The number of piperidine rings is 1. The summed E-state index contributed by atoms with van der Waals surface area (Å²) in [5.74, 6) is -0.205. The highest BCUT2D eigenvalue weighted by Gasteiger charge is 2.32. The Morgan fingerprint density at radius 1 is 1.50 bits per heavy atom. The van der Waals surface area contributed by atoms with Crippen molar-refractivity contribution in [1.29, 1.82) is 0 Å². The zero-order valence-corrected chi connectivity index (χ0v) is 12.0. The Labute approximate surface area is 120 Å². The molecule has 1 aliphatic heterocycles. The summed E-state index contributed by atoms with van der Waals surface area (Å²) in [6.07, 6.45) is 1.97. The van der Waals surface area contributed by atoms with E-state index >= 15 is 0 Å². The van der Waals surface area contributed by atoms with E-state index in [0.29, 0.717) is 23.1 Å². The number of carbonyl (C=O) groups is 2. The smallest absolute Gasteiger partial charge is 0.410 e. The molecule has 1 saturated heterocycles. The van der Waals surface area contributed by atoms with Crippen LogP contribution >= 0.6 is 11.3 Å². The van der Waals surface area contributed by atoms with Gasteiger partial charge in [-0.15, -0.1) is 10.2 Å². The van der Waals surface area contributed by atoms with Gasteiger partial charge in [-0.3, -0.25) is 9.69 Å². The second-order valence-electron chi connectivity index (χ2n) is 4.43. The summed E-state index contributed by atoms with van der Waals surface area (Å²) in [5.41, 5.74) is 5.47. The molecule has 0 unspecified atom stereocenters.